The lowest BCUT2D eigenvalue weighted by molar-refractivity contribution is -0.432. The van der Waals surface area contributed by atoms with Crippen LogP contribution >= 0.6 is 28.0 Å². The number of aromatic nitrogens is 7. The van der Waals surface area contributed by atoms with Crippen LogP contribution in [0.5, 0.6) is 0 Å². The zero-order valence-corrected chi connectivity index (χ0v) is 19.3. The summed E-state index contributed by atoms with van der Waals surface area (Å²) in [5.41, 5.74) is 1.89. The zero-order chi connectivity index (χ0) is 23.0. The Labute approximate surface area is 191 Å². The normalized spacial score (nSPS) is 12.4. The third kappa shape index (κ3) is 4.16. The fraction of sp³-hybridized carbons (Fsp3) is 0.143. The van der Waals surface area contributed by atoms with Gasteiger partial charge in [0.05, 0.1) is 43.4 Å². The Morgan fingerprint density at radius 1 is 1.22 bits per heavy atom. The van der Waals surface area contributed by atoms with E-state index in [0.717, 1.165) is 12.1 Å². The molecule has 15 nitrogen and oxygen atoms in total. The molecule has 18 heteroatoms. The lowest BCUT2D eigenvalue weighted by Crippen LogP contribution is -2.04. The molecular weight excluding hydrogens is 534 g/mol. The van der Waals surface area contributed by atoms with Crippen molar-refractivity contribution in [3.63, 3.8) is 0 Å². The lowest BCUT2D eigenvalue weighted by Gasteiger charge is -2.10. The van der Waals surface area contributed by atoms with Gasteiger partial charge in [0.1, 0.15) is 0 Å². The molecule has 0 atom stereocenters. The van der Waals surface area contributed by atoms with Crippen molar-refractivity contribution >= 4 is 55.2 Å². The molecule has 0 radical (unpaired) electrons. The quantitative estimate of drug-likeness (QED) is 0.101. The van der Waals surface area contributed by atoms with E-state index in [1.807, 2.05) is 0 Å². The van der Waals surface area contributed by atoms with Crippen LogP contribution in [-0.4, -0.2) is 53.3 Å². The van der Waals surface area contributed by atoms with Gasteiger partial charge in [0.25, 0.3) is 10.1 Å². The Balaban J connectivity index is 1.88. The second kappa shape index (κ2) is 8.65. The van der Waals surface area contributed by atoms with E-state index in [-0.39, 0.29) is 16.4 Å². The number of aryl methyl sites for hydroxylation is 2. The van der Waals surface area contributed by atoms with E-state index in [2.05, 4.69) is 61.3 Å². The summed E-state index contributed by atoms with van der Waals surface area (Å²) in [5.74, 6) is 0.184. The number of fused-ring (bicyclic) bond motifs is 1. The van der Waals surface area contributed by atoms with Crippen LogP contribution in [0.2, 0.25) is 0 Å². The molecule has 0 unspecified atom stereocenters. The Hall–Kier alpha value is -2.74. The highest BCUT2D eigenvalue weighted by Crippen LogP contribution is 2.37. The maximum atomic E-state index is 11.7. The first-order valence-electron chi connectivity index (χ1n) is 8.40. The minimum atomic E-state index is -4.53. The molecule has 3 heterocycles. The smallest absolute Gasteiger partial charge is 0.282 e. The van der Waals surface area contributed by atoms with Gasteiger partial charge in [-0.1, -0.05) is 5.04 Å². The largest absolute Gasteiger partial charge is 0.294 e. The van der Waals surface area contributed by atoms with Crippen molar-refractivity contribution in [3.8, 4) is 5.69 Å². The number of hydrogen-bond acceptors (Lipinski definition) is 12. The Morgan fingerprint density at radius 2 is 2.00 bits per heavy atom. The van der Waals surface area contributed by atoms with E-state index < -0.39 is 15.0 Å². The fourth-order valence-corrected chi connectivity index (χ4v) is 3.97. The molecule has 0 aliphatic rings. The van der Waals surface area contributed by atoms with Crippen LogP contribution in [0.15, 0.2) is 42.7 Å². The molecule has 0 saturated carbocycles. The first kappa shape index (κ1) is 22.5. The van der Waals surface area contributed by atoms with Gasteiger partial charge in [-0.05, 0) is 53.2 Å². The van der Waals surface area contributed by atoms with Crippen molar-refractivity contribution in [3.05, 3.63) is 34.1 Å². The number of tetrazole rings is 1. The van der Waals surface area contributed by atoms with Crippen LogP contribution in [-0.2, 0) is 19.5 Å². The van der Waals surface area contributed by atoms with Crippen LogP contribution in [0, 0.1) is 13.8 Å². The number of H-pyrrole nitrogens is 1. The SMILES string of the molecule is Cc1nn(-c2cc(S(=O)(=O)O)ccc2SOOO)c(N=Nc2c(C)nn3[nH]nnc23)c1Br. The van der Waals surface area contributed by atoms with Gasteiger partial charge < -0.3 is 0 Å². The molecule has 0 aliphatic heterocycles. The molecule has 168 valence electrons. The summed E-state index contributed by atoms with van der Waals surface area (Å²) in [4.78, 5) is -0.121. The van der Waals surface area contributed by atoms with Crippen LogP contribution in [0.4, 0.5) is 11.5 Å². The standard InChI is InChI=1S/C14H12BrN9O6S2/c1-6-11(15)13(17-16-12-7(2)20-24-14(12)18-21-22-24)23(19-6)9-5-8(32(26,27)28)3-4-10(9)31-30-29-25/h3-5,25H,1-2H3,(H,18,22)(H,26,27,28). The van der Waals surface area contributed by atoms with E-state index in [1.165, 1.54) is 15.4 Å². The molecule has 3 aromatic heterocycles. The first-order valence-corrected chi connectivity index (χ1v) is 11.4. The zero-order valence-electron chi connectivity index (χ0n) is 16.0. The number of nitrogens with one attached hydrogen (secondary N) is 1. The summed E-state index contributed by atoms with van der Waals surface area (Å²) < 4.78 is 40.3. The van der Waals surface area contributed by atoms with Gasteiger partial charge in [0, 0.05) is 0 Å². The van der Waals surface area contributed by atoms with E-state index in [1.54, 1.807) is 13.8 Å². The summed E-state index contributed by atoms with van der Waals surface area (Å²) in [6, 6.07) is 3.62. The topological polar surface area (TPSA) is 194 Å². The lowest BCUT2D eigenvalue weighted by atomic mass is 10.3. The molecule has 0 spiro atoms. The van der Waals surface area contributed by atoms with Gasteiger partial charge in [0.15, 0.2) is 11.5 Å². The highest BCUT2D eigenvalue weighted by atomic mass is 79.9. The average molecular weight is 546 g/mol. The predicted molar refractivity (Wildman–Crippen MR) is 111 cm³/mol. The van der Waals surface area contributed by atoms with Gasteiger partial charge in [-0.3, -0.25) is 4.55 Å². The maximum Gasteiger partial charge on any atom is 0.294 e. The number of hydrogen-bond donors (Lipinski definition) is 3. The Kier molecular flexibility index (Phi) is 6.07. The second-order valence-corrected chi connectivity index (χ2v) is 9.09. The molecule has 3 N–H and O–H groups in total. The number of nitrogens with zero attached hydrogens (tertiary/aromatic N) is 8. The van der Waals surface area contributed by atoms with Gasteiger partial charge in [0.2, 0.25) is 5.65 Å². The summed E-state index contributed by atoms with van der Waals surface area (Å²) >= 11 is 3.97. The molecule has 1 aromatic carbocycles. The third-order valence-electron chi connectivity index (χ3n) is 4.11. The Bertz CT molecular complexity index is 1440. The highest BCUT2D eigenvalue weighted by Gasteiger charge is 2.21. The van der Waals surface area contributed by atoms with Gasteiger partial charge in [-0.15, -0.1) is 24.3 Å². The number of benzene rings is 1. The van der Waals surface area contributed by atoms with Gasteiger partial charge in [-0.25, -0.2) is 9.94 Å². The van der Waals surface area contributed by atoms with Crippen molar-refractivity contribution < 1.29 is 27.6 Å². The maximum absolute atomic E-state index is 11.7. The molecule has 4 rings (SSSR count). The molecule has 0 amide bonds. The molecule has 0 fully saturated rings. The summed E-state index contributed by atoms with van der Waals surface area (Å²) in [6.07, 6.45) is 0. The molecule has 0 saturated heterocycles. The summed E-state index contributed by atoms with van der Waals surface area (Å²) in [5, 5.41) is 39.2. The van der Waals surface area contributed by atoms with Crippen LogP contribution in [0.1, 0.15) is 11.4 Å². The predicted octanol–water partition coefficient (Wildman–Crippen LogP) is 3.11. The van der Waals surface area contributed by atoms with Crippen molar-refractivity contribution in [1.29, 1.82) is 0 Å². The van der Waals surface area contributed by atoms with Crippen molar-refractivity contribution in [1.82, 2.24) is 35.0 Å². The van der Waals surface area contributed by atoms with E-state index in [9.17, 15) is 13.0 Å². The van der Waals surface area contributed by atoms with Crippen LogP contribution < -0.4 is 0 Å². The van der Waals surface area contributed by atoms with Gasteiger partial charge in [-0.2, -0.15) is 23.8 Å². The summed E-state index contributed by atoms with van der Waals surface area (Å²) in [7, 11) is -4.53. The monoisotopic (exact) mass is 545 g/mol. The molecule has 32 heavy (non-hydrogen) atoms. The second-order valence-electron chi connectivity index (χ2n) is 6.13. The number of aromatic amines is 1. The van der Waals surface area contributed by atoms with Crippen LogP contribution in [0.3, 0.4) is 0 Å². The van der Waals surface area contributed by atoms with Gasteiger partial charge >= 0.3 is 0 Å². The molecule has 0 aliphatic carbocycles. The molecular formula is C14H12BrN9O6S2. The summed E-state index contributed by atoms with van der Waals surface area (Å²) in [6.45, 7) is 3.40. The fourth-order valence-electron chi connectivity index (χ4n) is 2.69. The van der Waals surface area contributed by atoms with E-state index in [0.29, 0.717) is 39.2 Å². The first-order chi connectivity index (χ1) is 15.2. The minimum Gasteiger partial charge on any atom is -0.282 e. The number of rotatable bonds is 7. The number of halogens is 1. The minimum absolute atomic E-state index is 0.142. The third-order valence-corrected chi connectivity index (χ3v) is 6.54. The van der Waals surface area contributed by atoms with Crippen molar-refractivity contribution in [2.24, 2.45) is 10.2 Å². The van der Waals surface area contributed by atoms with Crippen LogP contribution in [0.25, 0.3) is 11.3 Å². The Morgan fingerprint density at radius 3 is 2.72 bits per heavy atom. The van der Waals surface area contributed by atoms with Crippen molar-refractivity contribution in [2.75, 3.05) is 0 Å². The van der Waals surface area contributed by atoms with E-state index >= 15 is 0 Å². The molecule has 0 bridgehead atoms. The molecule has 4 aromatic rings. The number of azo groups is 1. The van der Waals surface area contributed by atoms with E-state index in [4.69, 9.17) is 5.26 Å². The highest BCUT2D eigenvalue weighted by molar-refractivity contribution is 9.10. The average Bonchev–Trinajstić information content (AvgIpc) is 3.39. The van der Waals surface area contributed by atoms with Crippen molar-refractivity contribution in [2.45, 2.75) is 23.6 Å².